The van der Waals surface area contributed by atoms with Crippen LogP contribution in [0.25, 0.3) is 6.08 Å². The zero-order chi connectivity index (χ0) is 15.9. The van der Waals surface area contributed by atoms with Crippen LogP contribution in [0.4, 0.5) is 0 Å². The summed E-state index contributed by atoms with van der Waals surface area (Å²) in [5, 5.41) is 18.8. The monoisotopic (exact) mass is 300 g/mol. The lowest BCUT2D eigenvalue weighted by Crippen LogP contribution is -2.13. The summed E-state index contributed by atoms with van der Waals surface area (Å²) in [6, 6.07) is 7.27. The first-order chi connectivity index (χ1) is 10.6. The maximum absolute atomic E-state index is 9.53. The lowest BCUT2D eigenvalue weighted by Gasteiger charge is -2.16. The number of hydrogen-bond donors (Lipinski definition) is 2. The molecule has 2 rings (SSSR count). The molecule has 0 aliphatic carbocycles. The van der Waals surface area contributed by atoms with Gasteiger partial charge in [0.25, 0.3) is 0 Å². The molecular weight excluding hydrogens is 276 g/mol. The maximum atomic E-state index is 9.53. The summed E-state index contributed by atoms with van der Waals surface area (Å²) in [5.74, 6) is 0.285. The van der Waals surface area contributed by atoms with Gasteiger partial charge in [0, 0.05) is 0 Å². The highest BCUT2D eigenvalue weighted by Gasteiger charge is 2.21. The third-order valence-electron chi connectivity index (χ3n) is 3.97. The van der Waals surface area contributed by atoms with Gasteiger partial charge in [0.2, 0.25) is 0 Å². The van der Waals surface area contributed by atoms with Crippen molar-refractivity contribution >= 4 is 6.08 Å². The fourth-order valence-corrected chi connectivity index (χ4v) is 2.70. The van der Waals surface area contributed by atoms with E-state index in [1.807, 2.05) is 18.2 Å². The third-order valence-corrected chi connectivity index (χ3v) is 3.97. The maximum Gasteiger partial charge on any atom is 0.116 e. The molecule has 1 unspecified atom stereocenters. The van der Waals surface area contributed by atoms with E-state index in [1.54, 1.807) is 12.1 Å². The van der Waals surface area contributed by atoms with E-state index in [0.29, 0.717) is 6.61 Å². The number of rotatable bonds is 7. The van der Waals surface area contributed by atoms with Crippen molar-refractivity contribution in [3.63, 3.8) is 0 Å². The molecule has 3 nitrogen and oxygen atoms in total. The SMILES string of the molecule is C=C(CO)C1=CCOC1CC/C(=C/c1cccc(O)c1)CC. The minimum absolute atomic E-state index is 0.0224. The van der Waals surface area contributed by atoms with E-state index in [4.69, 9.17) is 4.74 Å². The minimum Gasteiger partial charge on any atom is -0.508 e. The molecule has 0 aromatic heterocycles. The van der Waals surface area contributed by atoms with E-state index in [0.717, 1.165) is 36.0 Å². The van der Waals surface area contributed by atoms with Gasteiger partial charge in [-0.3, -0.25) is 0 Å². The van der Waals surface area contributed by atoms with Gasteiger partial charge in [-0.05, 0) is 48.1 Å². The molecule has 1 aliphatic heterocycles. The van der Waals surface area contributed by atoms with E-state index in [-0.39, 0.29) is 18.5 Å². The smallest absolute Gasteiger partial charge is 0.116 e. The summed E-state index contributed by atoms with van der Waals surface area (Å²) < 4.78 is 5.72. The molecule has 118 valence electrons. The molecule has 1 aromatic carbocycles. The fraction of sp³-hybridized carbons (Fsp3) is 0.368. The van der Waals surface area contributed by atoms with Gasteiger partial charge in [-0.25, -0.2) is 0 Å². The fourth-order valence-electron chi connectivity index (χ4n) is 2.70. The Balaban J connectivity index is 1.99. The lowest BCUT2D eigenvalue weighted by molar-refractivity contribution is 0.115. The average molecular weight is 300 g/mol. The zero-order valence-corrected chi connectivity index (χ0v) is 13.1. The van der Waals surface area contributed by atoms with Crippen LogP contribution in [-0.2, 0) is 4.74 Å². The first-order valence-corrected chi connectivity index (χ1v) is 7.73. The van der Waals surface area contributed by atoms with Crippen molar-refractivity contribution in [2.24, 2.45) is 0 Å². The van der Waals surface area contributed by atoms with Crippen LogP contribution in [0.5, 0.6) is 5.75 Å². The predicted octanol–water partition coefficient (Wildman–Crippen LogP) is 3.84. The van der Waals surface area contributed by atoms with Crippen molar-refractivity contribution in [2.75, 3.05) is 13.2 Å². The van der Waals surface area contributed by atoms with Gasteiger partial charge < -0.3 is 14.9 Å². The van der Waals surface area contributed by atoms with Gasteiger partial charge >= 0.3 is 0 Å². The average Bonchev–Trinajstić information content (AvgIpc) is 2.99. The van der Waals surface area contributed by atoms with Crippen LogP contribution in [0, 0.1) is 0 Å². The van der Waals surface area contributed by atoms with Gasteiger partial charge in [-0.1, -0.05) is 43.4 Å². The molecule has 22 heavy (non-hydrogen) atoms. The minimum atomic E-state index is -0.0224. The number of allylic oxidation sites excluding steroid dienone is 1. The second kappa shape index (κ2) is 7.97. The van der Waals surface area contributed by atoms with Gasteiger partial charge in [-0.15, -0.1) is 0 Å². The van der Waals surface area contributed by atoms with Gasteiger partial charge in [0.15, 0.2) is 0 Å². The second-order valence-corrected chi connectivity index (χ2v) is 5.53. The summed E-state index contributed by atoms with van der Waals surface area (Å²) in [6.45, 7) is 6.59. The van der Waals surface area contributed by atoms with Crippen LogP contribution in [-0.4, -0.2) is 29.5 Å². The molecule has 0 fully saturated rings. The standard InChI is InChI=1S/C19H24O3/c1-3-15(11-16-5-4-6-17(21)12-16)7-8-19-18(9-10-22-19)14(2)13-20/h4-6,9,11-12,19-21H,2-3,7-8,10,13H2,1H3/b15-11+. The number of ether oxygens (including phenoxy) is 1. The Morgan fingerprint density at radius 2 is 2.27 bits per heavy atom. The number of benzene rings is 1. The first kappa shape index (κ1) is 16.5. The van der Waals surface area contributed by atoms with Crippen molar-refractivity contribution in [3.05, 3.63) is 59.2 Å². The van der Waals surface area contributed by atoms with Crippen molar-refractivity contribution < 1.29 is 14.9 Å². The molecule has 0 radical (unpaired) electrons. The van der Waals surface area contributed by atoms with E-state index in [2.05, 4.69) is 19.6 Å². The number of phenols is 1. The van der Waals surface area contributed by atoms with Crippen molar-refractivity contribution in [1.82, 2.24) is 0 Å². The highest BCUT2D eigenvalue weighted by molar-refractivity contribution is 5.54. The summed E-state index contributed by atoms with van der Waals surface area (Å²) in [4.78, 5) is 0. The van der Waals surface area contributed by atoms with Crippen LogP contribution < -0.4 is 0 Å². The first-order valence-electron chi connectivity index (χ1n) is 7.73. The summed E-state index contributed by atoms with van der Waals surface area (Å²) >= 11 is 0. The normalized spacial score (nSPS) is 18.4. The Kier molecular flexibility index (Phi) is 5.99. The molecular formula is C19H24O3. The Morgan fingerprint density at radius 1 is 1.45 bits per heavy atom. The highest BCUT2D eigenvalue weighted by atomic mass is 16.5. The van der Waals surface area contributed by atoms with Crippen molar-refractivity contribution in [1.29, 1.82) is 0 Å². The molecule has 1 aliphatic rings. The number of aromatic hydroxyl groups is 1. The van der Waals surface area contributed by atoms with Crippen LogP contribution in [0.2, 0.25) is 0 Å². The Hall–Kier alpha value is -1.84. The highest BCUT2D eigenvalue weighted by Crippen LogP contribution is 2.27. The molecule has 0 bridgehead atoms. The van der Waals surface area contributed by atoms with E-state index in [1.165, 1.54) is 5.57 Å². The molecule has 3 heteroatoms. The Morgan fingerprint density at radius 3 is 2.95 bits per heavy atom. The van der Waals surface area contributed by atoms with Crippen LogP contribution in [0.3, 0.4) is 0 Å². The summed E-state index contributed by atoms with van der Waals surface area (Å²) in [5.41, 5.74) is 4.11. The molecule has 0 saturated carbocycles. The molecule has 0 spiro atoms. The summed E-state index contributed by atoms with van der Waals surface area (Å²) in [7, 11) is 0. The molecule has 2 N–H and O–H groups in total. The zero-order valence-electron chi connectivity index (χ0n) is 13.1. The number of aliphatic hydroxyl groups is 1. The van der Waals surface area contributed by atoms with Crippen molar-refractivity contribution in [2.45, 2.75) is 32.3 Å². The quantitative estimate of drug-likeness (QED) is 0.804. The molecule has 0 amide bonds. The topological polar surface area (TPSA) is 49.7 Å². The lowest BCUT2D eigenvalue weighted by atomic mass is 9.96. The largest absolute Gasteiger partial charge is 0.508 e. The predicted molar refractivity (Wildman–Crippen MR) is 89.7 cm³/mol. The molecule has 1 heterocycles. The molecule has 1 atom stereocenters. The molecule has 0 saturated heterocycles. The number of aliphatic hydroxyl groups excluding tert-OH is 1. The van der Waals surface area contributed by atoms with Crippen LogP contribution in [0.15, 0.2) is 53.6 Å². The Labute approximate surface area is 132 Å². The third kappa shape index (κ3) is 4.33. The number of hydrogen-bond acceptors (Lipinski definition) is 3. The van der Waals surface area contributed by atoms with Crippen molar-refractivity contribution in [3.8, 4) is 5.75 Å². The molecule has 1 aromatic rings. The second-order valence-electron chi connectivity index (χ2n) is 5.53. The Bertz CT molecular complexity index is 584. The van der Waals surface area contributed by atoms with Crippen LogP contribution >= 0.6 is 0 Å². The van der Waals surface area contributed by atoms with Crippen LogP contribution in [0.1, 0.15) is 31.7 Å². The van der Waals surface area contributed by atoms with E-state index in [9.17, 15) is 10.2 Å². The van der Waals surface area contributed by atoms with Gasteiger partial charge in [0.1, 0.15) is 5.75 Å². The number of phenolic OH excluding ortho intramolecular Hbond substituents is 1. The van der Waals surface area contributed by atoms with Gasteiger partial charge in [-0.2, -0.15) is 0 Å². The van der Waals surface area contributed by atoms with Gasteiger partial charge in [0.05, 0.1) is 19.3 Å². The van der Waals surface area contributed by atoms with E-state index >= 15 is 0 Å². The van der Waals surface area contributed by atoms with E-state index < -0.39 is 0 Å². The summed E-state index contributed by atoms with van der Waals surface area (Å²) in [6.07, 6.45) is 6.92.